The standard InChI is InChI=1S/C14H19N5O/c1-9(2)7-16-12(20)8-17-14-13(15)18-10-5-3-4-6-11(10)19-14/h3-6,9H,7-8H2,1-2H3,(H2,15,18)(H,16,20)(H,17,19). The van der Waals surface area contributed by atoms with Crippen LogP contribution < -0.4 is 16.4 Å². The van der Waals surface area contributed by atoms with Crippen LogP contribution in [0.25, 0.3) is 11.0 Å². The first-order valence-corrected chi connectivity index (χ1v) is 6.59. The molecule has 0 atom stereocenters. The molecule has 6 nitrogen and oxygen atoms in total. The van der Waals surface area contributed by atoms with Crippen molar-refractivity contribution in [1.82, 2.24) is 15.3 Å². The number of para-hydroxylation sites is 2. The summed E-state index contributed by atoms with van der Waals surface area (Å²) in [5.41, 5.74) is 7.31. The van der Waals surface area contributed by atoms with Crippen molar-refractivity contribution in [2.24, 2.45) is 5.92 Å². The number of aromatic nitrogens is 2. The fourth-order valence-electron chi connectivity index (χ4n) is 1.69. The average molecular weight is 273 g/mol. The number of hydrogen-bond donors (Lipinski definition) is 3. The highest BCUT2D eigenvalue weighted by Crippen LogP contribution is 2.17. The molecule has 1 amide bonds. The van der Waals surface area contributed by atoms with Gasteiger partial charge in [-0.3, -0.25) is 4.79 Å². The van der Waals surface area contributed by atoms with Gasteiger partial charge in [0.15, 0.2) is 11.6 Å². The quantitative estimate of drug-likeness (QED) is 0.765. The molecule has 0 spiro atoms. The Balaban J connectivity index is 2.02. The maximum Gasteiger partial charge on any atom is 0.239 e. The summed E-state index contributed by atoms with van der Waals surface area (Å²) >= 11 is 0. The number of nitrogen functional groups attached to an aromatic ring is 1. The van der Waals surface area contributed by atoms with E-state index < -0.39 is 0 Å². The molecule has 0 bridgehead atoms. The molecular formula is C14H19N5O. The van der Waals surface area contributed by atoms with Crippen LogP contribution in [0.5, 0.6) is 0 Å². The number of rotatable bonds is 5. The second-order valence-corrected chi connectivity index (χ2v) is 5.00. The highest BCUT2D eigenvalue weighted by Gasteiger charge is 2.07. The van der Waals surface area contributed by atoms with Crippen molar-refractivity contribution in [3.05, 3.63) is 24.3 Å². The normalized spacial score (nSPS) is 10.8. The van der Waals surface area contributed by atoms with E-state index in [1.165, 1.54) is 0 Å². The predicted molar refractivity (Wildman–Crippen MR) is 80.3 cm³/mol. The number of amides is 1. The Bertz CT molecular complexity index is 612. The van der Waals surface area contributed by atoms with Crippen LogP contribution in [0.3, 0.4) is 0 Å². The van der Waals surface area contributed by atoms with Crippen molar-refractivity contribution >= 4 is 28.6 Å². The molecule has 0 fully saturated rings. The maximum absolute atomic E-state index is 11.6. The second-order valence-electron chi connectivity index (χ2n) is 5.00. The minimum absolute atomic E-state index is 0.0898. The zero-order valence-electron chi connectivity index (χ0n) is 11.7. The van der Waals surface area contributed by atoms with Gasteiger partial charge in [0.25, 0.3) is 0 Å². The Labute approximate surface area is 117 Å². The molecule has 106 valence electrons. The van der Waals surface area contributed by atoms with Gasteiger partial charge in [0.2, 0.25) is 5.91 Å². The van der Waals surface area contributed by atoms with Crippen molar-refractivity contribution in [3.8, 4) is 0 Å². The molecule has 0 unspecified atom stereocenters. The van der Waals surface area contributed by atoms with Crippen LogP contribution in [0, 0.1) is 5.92 Å². The molecule has 0 aliphatic rings. The zero-order valence-corrected chi connectivity index (χ0v) is 11.7. The summed E-state index contributed by atoms with van der Waals surface area (Å²) in [7, 11) is 0. The number of hydrogen-bond acceptors (Lipinski definition) is 5. The van der Waals surface area contributed by atoms with E-state index in [1.54, 1.807) is 0 Å². The van der Waals surface area contributed by atoms with Crippen LogP contribution in [-0.4, -0.2) is 29.0 Å². The molecule has 4 N–H and O–H groups in total. The van der Waals surface area contributed by atoms with Crippen molar-refractivity contribution < 1.29 is 4.79 Å². The summed E-state index contributed by atoms with van der Waals surface area (Å²) in [4.78, 5) is 20.2. The van der Waals surface area contributed by atoms with Gasteiger partial charge in [0.1, 0.15) is 0 Å². The van der Waals surface area contributed by atoms with E-state index in [-0.39, 0.29) is 12.5 Å². The van der Waals surface area contributed by atoms with Crippen LogP contribution in [0.1, 0.15) is 13.8 Å². The van der Waals surface area contributed by atoms with E-state index >= 15 is 0 Å². The molecule has 0 saturated heterocycles. The third-order valence-corrected chi connectivity index (χ3v) is 2.72. The molecule has 2 aromatic rings. The summed E-state index contributed by atoms with van der Waals surface area (Å²) in [6.07, 6.45) is 0. The largest absolute Gasteiger partial charge is 0.381 e. The van der Waals surface area contributed by atoms with Gasteiger partial charge >= 0.3 is 0 Å². The fourth-order valence-corrected chi connectivity index (χ4v) is 1.69. The van der Waals surface area contributed by atoms with Crippen molar-refractivity contribution in [2.75, 3.05) is 24.1 Å². The molecule has 20 heavy (non-hydrogen) atoms. The summed E-state index contributed by atoms with van der Waals surface area (Å²) in [5.74, 6) is 1.06. The zero-order chi connectivity index (χ0) is 14.5. The highest BCUT2D eigenvalue weighted by molar-refractivity contribution is 5.83. The smallest absolute Gasteiger partial charge is 0.239 e. The second kappa shape index (κ2) is 6.18. The summed E-state index contributed by atoms with van der Waals surface area (Å²) in [6, 6.07) is 7.46. The van der Waals surface area contributed by atoms with Crippen LogP contribution in [-0.2, 0) is 4.79 Å². The van der Waals surface area contributed by atoms with Crippen molar-refractivity contribution in [3.63, 3.8) is 0 Å². The minimum atomic E-state index is -0.0898. The van der Waals surface area contributed by atoms with Crippen LogP contribution >= 0.6 is 0 Å². The molecule has 0 aliphatic carbocycles. The first kappa shape index (κ1) is 14.0. The lowest BCUT2D eigenvalue weighted by Crippen LogP contribution is -2.32. The van der Waals surface area contributed by atoms with Crippen molar-refractivity contribution in [1.29, 1.82) is 0 Å². The van der Waals surface area contributed by atoms with Gasteiger partial charge in [0, 0.05) is 6.54 Å². The first-order chi connectivity index (χ1) is 9.56. The molecule has 0 radical (unpaired) electrons. The van der Waals surface area contributed by atoms with Crippen molar-refractivity contribution in [2.45, 2.75) is 13.8 Å². The monoisotopic (exact) mass is 273 g/mol. The van der Waals surface area contributed by atoms with E-state index in [0.717, 1.165) is 11.0 Å². The van der Waals surface area contributed by atoms with E-state index in [1.807, 2.05) is 38.1 Å². The van der Waals surface area contributed by atoms with Gasteiger partial charge in [-0.1, -0.05) is 26.0 Å². The maximum atomic E-state index is 11.6. The molecule has 1 heterocycles. The summed E-state index contributed by atoms with van der Waals surface area (Å²) in [5, 5.41) is 5.74. The molecular weight excluding hydrogens is 254 g/mol. The molecule has 6 heteroatoms. The number of benzene rings is 1. The van der Waals surface area contributed by atoms with Crippen LogP contribution in [0.4, 0.5) is 11.6 Å². The number of nitrogens with two attached hydrogens (primary N) is 1. The average Bonchev–Trinajstić information content (AvgIpc) is 2.42. The van der Waals surface area contributed by atoms with E-state index in [2.05, 4.69) is 20.6 Å². The van der Waals surface area contributed by atoms with Crippen LogP contribution in [0.2, 0.25) is 0 Å². The Hall–Kier alpha value is -2.37. The van der Waals surface area contributed by atoms with Gasteiger partial charge in [0.05, 0.1) is 17.6 Å². The lowest BCUT2D eigenvalue weighted by atomic mass is 10.2. The van der Waals surface area contributed by atoms with E-state index in [9.17, 15) is 4.79 Å². The van der Waals surface area contributed by atoms with Gasteiger partial charge in [-0.2, -0.15) is 0 Å². The van der Waals surface area contributed by atoms with Gasteiger partial charge in [-0.05, 0) is 18.1 Å². The summed E-state index contributed by atoms with van der Waals surface area (Å²) in [6.45, 7) is 4.87. The van der Waals surface area contributed by atoms with E-state index in [4.69, 9.17) is 5.73 Å². The predicted octanol–water partition coefficient (Wildman–Crippen LogP) is 1.40. The van der Waals surface area contributed by atoms with Gasteiger partial charge < -0.3 is 16.4 Å². The number of nitrogens with zero attached hydrogens (tertiary/aromatic N) is 2. The minimum Gasteiger partial charge on any atom is -0.381 e. The third-order valence-electron chi connectivity index (χ3n) is 2.72. The van der Waals surface area contributed by atoms with E-state index in [0.29, 0.717) is 24.1 Å². The summed E-state index contributed by atoms with van der Waals surface area (Å²) < 4.78 is 0. The third kappa shape index (κ3) is 3.57. The van der Waals surface area contributed by atoms with Crippen LogP contribution in [0.15, 0.2) is 24.3 Å². The number of nitrogens with one attached hydrogen (secondary N) is 2. The number of carbonyl (C=O) groups is 1. The number of anilines is 2. The van der Waals surface area contributed by atoms with Gasteiger partial charge in [-0.15, -0.1) is 0 Å². The molecule has 1 aromatic carbocycles. The number of fused-ring (bicyclic) bond motifs is 1. The molecule has 2 rings (SSSR count). The topological polar surface area (TPSA) is 92.9 Å². The lowest BCUT2D eigenvalue weighted by Gasteiger charge is -2.10. The highest BCUT2D eigenvalue weighted by atomic mass is 16.1. The number of carbonyl (C=O) groups excluding carboxylic acids is 1. The fraction of sp³-hybridized carbons (Fsp3) is 0.357. The Morgan fingerprint density at radius 1 is 1.25 bits per heavy atom. The Kier molecular flexibility index (Phi) is 4.34. The Morgan fingerprint density at radius 2 is 1.90 bits per heavy atom. The molecule has 0 aliphatic heterocycles. The van der Waals surface area contributed by atoms with Gasteiger partial charge in [-0.25, -0.2) is 9.97 Å². The SMILES string of the molecule is CC(C)CNC(=O)CNc1nc2ccccc2nc1N. The molecule has 1 aromatic heterocycles. The first-order valence-electron chi connectivity index (χ1n) is 6.59. The Morgan fingerprint density at radius 3 is 2.55 bits per heavy atom. The molecule has 0 saturated carbocycles. The lowest BCUT2D eigenvalue weighted by molar-refractivity contribution is -0.119.